The topological polar surface area (TPSA) is 38.7 Å². The first-order valence-electron chi connectivity index (χ1n) is 4.43. The van der Waals surface area contributed by atoms with Crippen molar-refractivity contribution in [2.75, 3.05) is 6.61 Å². The molecule has 1 aromatic rings. The van der Waals surface area contributed by atoms with Gasteiger partial charge in [0.2, 0.25) is 0 Å². The molecular formula is C10H13BO3. The fraction of sp³-hybridized carbons (Fsp3) is 0.200. The van der Waals surface area contributed by atoms with Gasteiger partial charge in [0.05, 0.1) is 6.26 Å². The second-order valence-electron chi connectivity index (χ2n) is 2.72. The molecule has 0 unspecified atom stereocenters. The van der Waals surface area contributed by atoms with Crippen LogP contribution in [-0.4, -0.2) is 19.0 Å². The summed E-state index contributed by atoms with van der Waals surface area (Å²) in [6.07, 6.45) is 1.89. The molecule has 1 rings (SSSR count). The molecule has 1 aromatic carbocycles. The van der Waals surface area contributed by atoms with Gasteiger partial charge in [-0.25, -0.2) is 0 Å². The Morgan fingerprint density at radius 2 is 2.07 bits per heavy atom. The molecule has 4 heteroatoms. The van der Waals surface area contributed by atoms with Crippen LogP contribution in [0.3, 0.4) is 0 Å². The Hall–Kier alpha value is -1.26. The Labute approximate surface area is 84.2 Å². The molecule has 0 bridgehead atoms. The second kappa shape index (κ2) is 6.24. The standard InChI is InChI=1S/C10H13BO3/c1-2-13-11(12)14-9-8-10-6-4-3-5-7-10/h2-7,12H,1,8-9H2. The molecular weight excluding hydrogens is 179 g/mol. The van der Waals surface area contributed by atoms with Crippen LogP contribution in [0.5, 0.6) is 0 Å². The zero-order chi connectivity index (χ0) is 10.2. The molecule has 14 heavy (non-hydrogen) atoms. The minimum Gasteiger partial charge on any atom is -0.519 e. The van der Waals surface area contributed by atoms with Crippen LogP contribution in [0, 0.1) is 0 Å². The Morgan fingerprint density at radius 1 is 1.36 bits per heavy atom. The van der Waals surface area contributed by atoms with Crippen LogP contribution in [0.25, 0.3) is 0 Å². The van der Waals surface area contributed by atoms with E-state index in [0.717, 1.165) is 12.7 Å². The van der Waals surface area contributed by atoms with E-state index in [0.29, 0.717) is 6.61 Å². The second-order valence-corrected chi connectivity index (χ2v) is 2.72. The summed E-state index contributed by atoms with van der Waals surface area (Å²) in [4.78, 5) is 0. The summed E-state index contributed by atoms with van der Waals surface area (Å²) in [5.74, 6) is 0. The van der Waals surface area contributed by atoms with Crippen molar-refractivity contribution >= 4 is 7.32 Å². The smallest absolute Gasteiger partial charge is 0.519 e. The number of hydrogen-bond donors (Lipinski definition) is 1. The van der Waals surface area contributed by atoms with Crippen LogP contribution in [0.4, 0.5) is 0 Å². The molecule has 0 aliphatic rings. The third-order valence-corrected chi connectivity index (χ3v) is 1.71. The summed E-state index contributed by atoms with van der Waals surface area (Å²) in [7, 11) is -1.21. The van der Waals surface area contributed by atoms with Gasteiger partial charge in [0.1, 0.15) is 0 Å². The van der Waals surface area contributed by atoms with Gasteiger partial charge in [-0.1, -0.05) is 36.9 Å². The molecule has 3 nitrogen and oxygen atoms in total. The van der Waals surface area contributed by atoms with Crippen molar-refractivity contribution in [2.45, 2.75) is 6.42 Å². The van der Waals surface area contributed by atoms with Gasteiger partial charge in [-0.05, 0) is 12.0 Å². The van der Waals surface area contributed by atoms with Gasteiger partial charge < -0.3 is 14.3 Å². The molecule has 0 radical (unpaired) electrons. The van der Waals surface area contributed by atoms with E-state index in [1.807, 2.05) is 30.3 Å². The van der Waals surface area contributed by atoms with Gasteiger partial charge in [0.25, 0.3) is 0 Å². The number of benzene rings is 1. The van der Waals surface area contributed by atoms with Gasteiger partial charge >= 0.3 is 7.32 Å². The normalized spacial score (nSPS) is 9.50. The van der Waals surface area contributed by atoms with Crippen molar-refractivity contribution in [1.82, 2.24) is 0 Å². The average molecular weight is 192 g/mol. The van der Waals surface area contributed by atoms with Gasteiger partial charge in [-0.3, -0.25) is 0 Å². The zero-order valence-corrected chi connectivity index (χ0v) is 7.93. The summed E-state index contributed by atoms with van der Waals surface area (Å²) < 4.78 is 9.53. The van der Waals surface area contributed by atoms with E-state index in [1.165, 1.54) is 5.56 Å². The van der Waals surface area contributed by atoms with Crippen molar-refractivity contribution < 1.29 is 14.3 Å². The van der Waals surface area contributed by atoms with E-state index in [1.54, 1.807) is 0 Å². The lowest BCUT2D eigenvalue weighted by Crippen LogP contribution is -2.21. The lowest BCUT2D eigenvalue weighted by atomic mass is 10.1. The Morgan fingerprint density at radius 3 is 2.71 bits per heavy atom. The third-order valence-electron chi connectivity index (χ3n) is 1.71. The highest BCUT2D eigenvalue weighted by Gasteiger charge is 2.14. The van der Waals surface area contributed by atoms with Gasteiger partial charge in [0.15, 0.2) is 0 Å². The quantitative estimate of drug-likeness (QED) is 0.546. The Balaban J connectivity index is 2.18. The molecule has 0 saturated heterocycles. The average Bonchev–Trinajstić information content (AvgIpc) is 2.20. The maximum absolute atomic E-state index is 9.01. The summed E-state index contributed by atoms with van der Waals surface area (Å²) >= 11 is 0. The minimum absolute atomic E-state index is 0.416. The molecule has 0 aromatic heterocycles. The predicted octanol–water partition coefficient (Wildman–Crippen LogP) is 1.38. The lowest BCUT2D eigenvalue weighted by Gasteiger charge is -2.05. The molecule has 0 atom stereocenters. The first-order chi connectivity index (χ1) is 6.83. The monoisotopic (exact) mass is 192 g/mol. The predicted molar refractivity (Wildman–Crippen MR) is 55.4 cm³/mol. The molecule has 0 spiro atoms. The van der Waals surface area contributed by atoms with Crippen molar-refractivity contribution in [3.05, 3.63) is 48.7 Å². The Bertz CT molecular complexity index is 263. The van der Waals surface area contributed by atoms with Crippen molar-refractivity contribution in [2.24, 2.45) is 0 Å². The summed E-state index contributed by atoms with van der Waals surface area (Å²) in [6, 6.07) is 9.90. The molecule has 0 fully saturated rings. The Kier molecular flexibility index (Phi) is 4.82. The van der Waals surface area contributed by atoms with Crippen molar-refractivity contribution in [3.8, 4) is 0 Å². The van der Waals surface area contributed by atoms with Crippen LogP contribution in [0.2, 0.25) is 0 Å². The van der Waals surface area contributed by atoms with Crippen LogP contribution in [0.15, 0.2) is 43.2 Å². The van der Waals surface area contributed by atoms with E-state index in [2.05, 4.69) is 11.2 Å². The van der Waals surface area contributed by atoms with Crippen molar-refractivity contribution in [1.29, 1.82) is 0 Å². The zero-order valence-electron chi connectivity index (χ0n) is 7.93. The van der Waals surface area contributed by atoms with Crippen LogP contribution in [0.1, 0.15) is 5.56 Å². The third kappa shape index (κ3) is 4.12. The highest BCUT2D eigenvalue weighted by atomic mass is 16.7. The highest BCUT2D eigenvalue weighted by Crippen LogP contribution is 1.99. The molecule has 74 valence electrons. The number of rotatable bonds is 6. The maximum Gasteiger partial charge on any atom is 0.709 e. The van der Waals surface area contributed by atoms with E-state index in [4.69, 9.17) is 9.68 Å². The van der Waals surface area contributed by atoms with Crippen LogP contribution in [-0.2, 0) is 15.7 Å². The minimum atomic E-state index is -1.21. The fourth-order valence-electron chi connectivity index (χ4n) is 1.04. The molecule has 1 N–H and O–H groups in total. The first-order valence-corrected chi connectivity index (χ1v) is 4.43. The summed E-state index contributed by atoms with van der Waals surface area (Å²) in [5, 5.41) is 9.01. The number of hydrogen-bond acceptors (Lipinski definition) is 3. The van der Waals surface area contributed by atoms with E-state index in [9.17, 15) is 0 Å². The van der Waals surface area contributed by atoms with Crippen LogP contribution < -0.4 is 0 Å². The van der Waals surface area contributed by atoms with Gasteiger partial charge in [-0.2, -0.15) is 0 Å². The van der Waals surface area contributed by atoms with Gasteiger partial charge in [-0.15, -0.1) is 0 Å². The highest BCUT2D eigenvalue weighted by molar-refractivity contribution is 6.34. The van der Waals surface area contributed by atoms with Crippen molar-refractivity contribution in [3.63, 3.8) is 0 Å². The van der Waals surface area contributed by atoms with E-state index >= 15 is 0 Å². The van der Waals surface area contributed by atoms with Crippen LogP contribution >= 0.6 is 0 Å². The summed E-state index contributed by atoms with van der Waals surface area (Å²) in [5.41, 5.74) is 1.17. The summed E-state index contributed by atoms with van der Waals surface area (Å²) in [6.45, 7) is 3.72. The largest absolute Gasteiger partial charge is 0.709 e. The molecule has 0 aliphatic carbocycles. The van der Waals surface area contributed by atoms with E-state index < -0.39 is 7.32 Å². The van der Waals surface area contributed by atoms with E-state index in [-0.39, 0.29) is 0 Å². The molecule has 0 amide bonds. The SMILES string of the molecule is C=COB(O)OCCc1ccccc1. The maximum atomic E-state index is 9.01. The fourth-order valence-corrected chi connectivity index (χ4v) is 1.04. The molecule has 0 aliphatic heterocycles. The molecule has 0 saturated carbocycles. The molecule has 0 heterocycles. The van der Waals surface area contributed by atoms with Gasteiger partial charge in [0, 0.05) is 6.61 Å². The lowest BCUT2D eigenvalue weighted by molar-refractivity contribution is 0.178. The first kappa shape index (κ1) is 10.8.